The Balaban J connectivity index is 2.79. The second-order valence-corrected chi connectivity index (χ2v) is 4.61. The molecule has 0 fully saturated rings. The van der Waals surface area contributed by atoms with Gasteiger partial charge in [-0.1, -0.05) is 26.0 Å². The van der Waals surface area contributed by atoms with E-state index >= 15 is 0 Å². The fourth-order valence-electron chi connectivity index (χ4n) is 1.43. The Kier molecular flexibility index (Phi) is 4.94. The van der Waals surface area contributed by atoms with Gasteiger partial charge in [0.25, 0.3) is 0 Å². The third kappa shape index (κ3) is 5.30. The number of ether oxygens (including phenoxy) is 1. The molecule has 6 heteroatoms. The van der Waals surface area contributed by atoms with Gasteiger partial charge in [0.15, 0.2) is 5.78 Å². The van der Waals surface area contributed by atoms with E-state index in [0.29, 0.717) is 0 Å². The predicted octanol–water partition coefficient (Wildman–Crippen LogP) is 3.14. The van der Waals surface area contributed by atoms with Gasteiger partial charge in [0, 0.05) is 18.0 Å². The molecular weight excluding hydrogens is 259 g/mol. The van der Waals surface area contributed by atoms with E-state index in [-0.39, 0.29) is 29.7 Å². The van der Waals surface area contributed by atoms with Crippen LogP contribution in [-0.4, -0.2) is 18.2 Å². The minimum Gasteiger partial charge on any atom is -0.406 e. The monoisotopic (exact) mass is 275 g/mol. The number of hydrogen-bond acceptors (Lipinski definition) is 3. The number of ketones is 1. The second-order valence-electron chi connectivity index (χ2n) is 4.61. The van der Waals surface area contributed by atoms with Crippen molar-refractivity contribution in [3.8, 4) is 5.75 Å². The van der Waals surface area contributed by atoms with Crippen LogP contribution in [0, 0.1) is 5.92 Å². The molecule has 1 atom stereocenters. The van der Waals surface area contributed by atoms with Crippen LogP contribution in [0.1, 0.15) is 30.6 Å². The normalized spacial score (nSPS) is 13.4. The topological polar surface area (TPSA) is 52.3 Å². The van der Waals surface area contributed by atoms with E-state index in [1.807, 2.05) is 13.8 Å². The first-order valence-electron chi connectivity index (χ1n) is 5.83. The van der Waals surface area contributed by atoms with E-state index in [1.54, 1.807) is 0 Å². The maximum atomic E-state index is 12.1. The van der Waals surface area contributed by atoms with Crippen LogP contribution in [0.3, 0.4) is 0 Å². The van der Waals surface area contributed by atoms with Gasteiger partial charge in [-0.3, -0.25) is 4.79 Å². The molecule has 1 unspecified atom stereocenters. The van der Waals surface area contributed by atoms with E-state index in [0.717, 1.165) is 12.1 Å². The molecule has 0 spiro atoms. The number of hydrogen-bond donors (Lipinski definition) is 1. The summed E-state index contributed by atoms with van der Waals surface area (Å²) in [6, 6.07) is 4.68. The number of rotatable bonds is 5. The first-order chi connectivity index (χ1) is 8.69. The van der Waals surface area contributed by atoms with Gasteiger partial charge in [0.2, 0.25) is 0 Å². The van der Waals surface area contributed by atoms with E-state index in [1.165, 1.54) is 12.1 Å². The fraction of sp³-hybridized carbons (Fsp3) is 0.462. The Morgan fingerprint density at radius 1 is 1.37 bits per heavy atom. The Labute approximate surface area is 109 Å². The molecule has 0 radical (unpaired) electrons. The molecule has 0 aliphatic carbocycles. The number of halogens is 3. The number of nitrogens with two attached hydrogens (primary N) is 1. The summed E-state index contributed by atoms with van der Waals surface area (Å²) >= 11 is 0. The summed E-state index contributed by atoms with van der Waals surface area (Å²) in [5, 5.41) is 0. The van der Waals surface area contributed by atoms with Gasteiger partial charge < -0.3 is 10.5 Å². The average Bonchev–Trinajstić information content (AvgIpc) is 2.26. The highest BCUT2D eigenvalue weighted by Gasteiger charge is 2.31. The largest absolute Gasteiger partial charge is 0.573 e. The summed E-state index contributed by atoms with van der Waals surface area (Å²) in [5.74, 6) is -0.580. The van der Waals surface area contributed by atoms with Crippen molar-refractivity contribution in [2.75, 3.05) is 0 Å². The molecule has 106 valence electrons. The third-order valence-electron chi connectivity index (χ3n) is 2.67. The van der Waals surface area contributed by atoms with Gasteiger partial charge in [-0.25, -0.2) is 0 Å². The first kappa shape index (κ1) is 15.5. The van der Waals surface area contributed by atoms with Crippen LogP contribution >= 0.6 is 0 Å². The molecular formula is C13H16F3NO2. The van der Waals surface area contributed by atoms with Crippen LogP contribution in [0.5, 0.6) is 5.75 Å². The van der Waals surface area contributed by atoms with Crippen molar-refractivity contribution in [3.63, 3.8) is 0 Å². The van der Waals surface area contributed by atoms with E-state index < -0.39 is 12.1 Å². The van der Waals surface area contributed by atoms with E-state index in [9.17, 15) is 18.0 Å². The predicted molar refractivity (Wildman–Crippen MR) is 64.9 cm³/mol. The minimum absolute atomic E-state index is 0.0904. The lowest BCUT2D eigenvalue weighted by Gasteiger charge is -2.15. The molecule has 0 aliphatic heterocycles. The smallest absolute Gasteiger partial charge is 0.406 e. The zero-order valence-electron chi connectivity index (χ0n) is 10.7. The van der Waals surface area contributed by atoms with Crippen molar-refractivity contribution in [2.24, 2.45) is 11.7 Å². The number of benzene rings is 1. The standard InChI is InChI=1S/C13H16F3NO2/c1-8(2)11(17)7-12(18)9-4-3-5-10(6-9)19-13(14,15)16/h3-6,8,11H,7,17H2,1-2H3. The molecule has 2 N–H and O–H groups in total. The quantitative estimate of drug-likeness (QED) is 0.840. The molecule has 1 aromatic carbocycles. The third-order valence-corrected chi connectivity index (χ3v) is 2.67. The summed E-state index contributed by atoms with van der Waals surface area (Å²) in [6.07, 6.45) is -4.68. The zero-order valence-corrected chi connectivity index (χ0v) is 10.7. The Bertz CT molecular complexity index is 444. The van der Waals surface area contributed by atoms with Gasteiger partial charge >= 0.3 is 6.36 Å². The van der Waals surface area contributed by atoms with E-state index in [4.69, 9.17) is 5.73 Å². The molecule has 0 aromatic heterocycles. The molecule has 1 rings (SSSR count). The highest BCUT2D eigenvalue weighted by molar-refractivity contribution is 5.96. The molecule has 0 saturated heterocycles. The Morgan fingerprint density at radius 2 is 2.00 bits per heavy atom. The highest BCUT2D eigenvalue weighted by atomic mass is 19.4. The number of alkyl halides is 3. The van der Waals surface area contributed by atoms with Crippen molar-refractivity contribution >= 4 is 5.78 Å². The minimum atomic E-state index is -4.77. The van der Waals surface area contributed by atoms with Crippen LogP contribution in [-0.2, 0) is 0 Å². The summed E-state index contributed by atoms with van der Waals surface area (Å²) in [5.41, 5.74) is 5.93. The summed E-state index contributed by atoms with van der Waals surface area (Å²) in [6.45, 7) is 3.75. The van der Waals surface area contributed by atoms with Crippen LogP contribution in [0.4, 0.5) is 13.2 Å². The summed E-state index contributed by atoms with van der Waals surface area (Å²) in [4.78, 5) is 11.9. The average molecular weight is 275 g/mol. The van der Waals surface area contributed by atoms with Crippen molar-refractivity contribution < 1.29 is 22.7 Å². The number of carbonyl (C=O) groups is 1. The second kappa shape index (κ2) is 6.06. The molecule has 0 heterocycles. The van der Waals surface area contributed by atoms with Gasteiger partial charge in [-0.15, -0.1) is 13.2 Å². The lowest BCUT2D eigenvalue weighted by Crippen LogP contribution is -2.29. The molecule has 0 saturated carbocycles. The van der Waals surface area contributed by atoms with Crippen molar-refractivity contribution in [1.82, 2.24) is 0 Å². The zero-order chi connectivity index (χ0) is 14.6. The number of carbonyl (C=O) groups excluding carboxylic acids is 1. The summed E-state index contributed by atoms with van der Waals surface area (Å²) < 4.78 is 40.0. The SMILES string of the molecule is CC(C)C(N)CC(=O)c1cccc(OC(F)(F)F)c1. The molecule has 0 amide bonds. The van der Waals surface area contributed by atoms with Crippen molar-refractivity contribution in [1.29, 1.82) is 0 Å². The van der Waals surface area contributed by atoms with Gasteiger partial charge in [0.05, 0.1) is 0 Å². The lowest BCUT2D eigenvalue weighted by atomic mass is 9.96. The van der Waals surface area contributed by atoms with Crippen LogP contribution in [0.25, 0.3) is 0 Å². The van der Waals surface area contributed by atoms with Crippen LogP contribution in [0.15, 0.2) is 24.3 Å². The first-order valence-corrected chi connectivity index (χ1v) is 5.83. The van der Waals surface area contributed by atoms with E-state index in [2.05, 4.69) is 4.74 Å². The molecule has 0 bridgehead atoms. The fourth-order valence-corrected chi connectivity index (χ4v) is 1.43. The maximum absolute atomic E-state index is 12.1. The molecule has 1 aromatic rings. The van der Waals surface area contributed by atoms with Crippen molar-refractivity contribution in [3.05, 3.63) is 29.8 Å². The lowest BCUT2D eigenvalue weighted by molar-refractivity contribution is -0.274. The molecule has 19 heavy (non-hydrogen) atoms. The van der Waals surface area contributed by atoms with Gasteiger partial charge in [-0.05, 0) is 18.1 Å². The Hall–Kier alpha value is -1.56. The number of Topliss-reactive ketones (excluding diaryl/α,β-unsaturated/α-hetero) is 1. The van der Waals surface area contributed by atoms with Gasteiger partial charge in [-0.2, -0.15) is 0 Å². The Morgan fingerprint density at radius 3 is 2.53 bits per heavy atom. The summed E-state index contributed by atoms with van der Waals surface area (Å²) in [7, 11) is 0. The molecule has 3 nitrogen and oxygen atoms in total. The highest BCUT2D eigenvalue weighted by Crippen LogP contribution is 2.24. The van der Waals surface area contributed by atoms with Crippen LogP contribution < -0.4 is 10.5 Å². The van der Waals surface area contributed by atoms with Gasteiger partial charge in [0.1, 0.15) is 5.75 Å². The molecule has 0 aliphatic rings. The van der Waals surface area contributed by atoms with Crippen molar-refractivity contribution in [2.45, 2.75) is 32.7 Å². The van der Waals surface area contributed by atoms with Crippen LogP contribution in [0.2, 0.25) is 0 Å². The maximum Gasteiger partial charge on any atom is 0.573 e.